The van der Waals surface area contributed by atoms with Crippen molar-refractivity contribution < 1.29 is 9.59 Å². The van der Waals surface area contributed by atoms with Crippen molar-refractivity contribution in [3.63, 3.8) is 0 Å². The van der Waals surface area contributed by atoms with E-state index in [1.54, 1.807) is 46.8 Å². The number of rotatable bonds is 8. The van der Waals surface area contributed by atoms with Crippen LogP contribution in [-0.2, 0) is 13.1 Å². The van der Waals surface area contributed by atoms with Crippen LogP contribution in [-0.4, -0.2) is 39.3 Å². The Morgan fingerprint density at radius 1 is 0.857 bits per heavy atom. The van der Waals surface area contributed by atoms with E-state index in [0.717, 1.165) is 11.0 Å². The predicted octanol–water partition coefficient (Wildman–Crippen LogP) is 5.78. The van der Waals surface area contributed by atoms with Gasteiger partial charge in [-0.1, -0.05) is 66.2 Å². The molecule has 35 heavy (non-hydrogen) atoms. The Morgan fingerprint density at radius 2 is 1.46 bits per heavy atom. The number of ketones is 1. The minimum Gasteiger partial charge on any atom is -0.342 e. The van der Waals surface area contributed by atoms with Crippen LogP contribution in [0.1, 0.15) is 27.1 Å². The van der Waals surface area contributed by atoms with Crippen LogP contribution < -0.4 is 5.62 Å². The molecule has 1 heterocycles. The van der Waals surface area contributed by atoms with E-state index in [2.05, 4.69) is 0 Å². The summed E-state index contributed by atoms with van der Waals surface area (Å²) in [4.78, 5) is 27.1. The summed E-state index contributed by atoms with van der Waals surface area (Å²) in [6.07, 6.45) is 0.641. The second kappa shape index (κ2) is 12.9. The van der Waals surface area contributed by atoms with E-state index in [9.17, 15) is 9.59 Å². The molecular formula is C26H27Br2ClN4O2. The standard InChI is InChI=1S/C26H25ClN4O2.2BrH/c1-29(25(33)20-12-6-3-7-13-20)16-9-17-30-24-21(27)14-8-15-22(24)31(26(30)28)18-23(32)19-10-4-2-5-11-19;;/h2-8,10-15,28H,9,16-18H2,1H3;2*1H. The Hall–Kier alpha value is -2.68. The number of imidazole rings is 1. The zero-order valence-electron chi connectivity index (χ0n) is 19.2. The number of hydrogen-bond donors (Lipinski definition) is 1. The summed E-state index contributed by atoms with van der Waals surface area (Å²) in [5.74, 6) is -0.109. The molecule has 0 aliphatic carbocycles. The Balaban J connectivity index is 0.00000216. The van der Waals surface area contributed by atoms with E-state index in [-0.39, 0.29) is 57.8 Å². The number of hydrogen-bond acceptors (Lipinski definition) is 3. The number of nitrogens with one attached hydrogen (secondary N) is 1. The maximum Gasteiger partial charge on any atom is 0.253 e. The average molecular weight is 623 g/mol. The predicted molar refractivity (Wildman–Crippen MR) is 150 cm³/mol. The number of Topliss-reactive ketones (excluding diaryl/α,β-unsaturated/α-hetero) is 1. The van der Waals surface area contributed by atoms with Crippen molar-refractivity contribution >= 4 is 68.3 Å². The third-order valence-corrected chi connectivity index (χ3v) is 5.98. The van der Waals surface area contributed by atoms with Crippen LogP contribution in [0.15, 0.2) is 78.9 Å². The third kappa shape index (κ3) is 6.31. The maximum atomic E-state index is 12.8. The SMILES string of the molecule is Br.Br.CN(CCCn1c(=N)n(CC(=O)c2ccccc2)c2cccc(Cl)c21)C(=O)c1ccccc1. The summed E-state index contributed by atoms with van der Waals surface area (Å²) in [6.45, 7) is 1.08. The molecular weight excluding hydrogens is 596 g/mol. The third-order valence-electron chi connectivity index (χ3n) is 5.68. The normalized spacial score (nSPS) is 10.3. The number of para-hydroxylation sites is 1. The number of aryl methyl sites for hydroxylation is 1. The second-order valence-electron chi connectivity index (χ2n) is 7.90. The molecule has 0 atom stereocenters. The van der Waals surface area contributed by atoms with Gasteiger partial charge in [0.15, 0.2) is 5.78 Å². The molecule has 1 N–H and O–H groups in total. The van der Waals surface area contributed by atoms with E-state index in [4.69, 9.17) is 17.0 Å². The summed E-state index contributed by atoms with van der Waals surface area (Å²) in [7, 11) is 1.77. The van der Waals surface area contributed by atoms with Crippen LogP contribution in [0.25, 0.3) is 11.0 Å². The Bertz CT molecular complexity index is 1350. The summed E-state index contributed by atoms with van der Waals surface area (Å²) in [5.41, 5.74) is 2.92. The summed E-state index contributed by atoms with van der Waals surface area (Å²) in [6, 6.07) is 23.7. The molecule has 0 aliphatic rings. The van der Waals surface area contributed by atoms with E-state index in [0.29, 0.717) is 35.7 Å². The van der Waals surface area contributed by atoms with Gasteiger partial charge in [-0.25, -0.2) is 0 Å². The average Bonchev–Trinajstić information content (AvgIpc) is 3.11. The molecule has 3 aromatic carbocycles. The Kier molecular flexibility index (Phi) is 10.5. The van der Waals surface area contributed by atoms with Gasteiger partial charge in [-0.2, -0.15) is 0 Å². The van der Waals surface area contributed by atoms with Crippen LogP contribution in [0.2, 0.25) is 5.02 Å². The monoisotopic (exact) mass is 620 g/mol. The van der Waals surface area contributed by atoms with Gasteiger partial charge < -0.3 is 14.0 Å². The van der Waals surface area contributed by atoms with Gasteiger partial charge >= 0.3 is 0 Å². The number of carbonyl (C=O) groups is 2. The molecule has 0 spiro atoms. The molecule has 0 aliphatic heterocycles. The number of nitrogens with zero attached hydrogens (tertiary/aromatic N) is 3. The quantitative estimate of drug-likeness (QED) is 0.253. The van der Waals surface area contributed by atoms with Crippen molar-refractivity contribution in [1.82, 2.24) is 14.0 Å². The first-order valence-electron chi connectivity index (χ1n) is 10.8. The lowest BCUT2D eigenvalue weighted by molar-refractivity contribution is 0.0791. The molecule has 0 radical (unpaired) electrons. The van der Waals surface area contributed by atoms with Crippen molar-refractivity contribution in [1.29, 1.82) is 5.41 Å². The van der Waals surface area contributed by atoms with Crippen molar-refractivity contribution in [3.8, 4) is 0 Å². The molecule has 0 fully saturated rings. The first-order valence-corrected chi connectivity index (χ1v) is 11.2. The van der Waals surface area contributed by atoms with Crippen LogP contribution >= 0.6 is 45.6 Å². The zero-order chi connectivity index (χ0) is 23.4. The number of halogens is 3. The highest BCUT2D eigenvalue weighted by Gasteiger charge is 2.17. The molecule has 6 nitrogen and oxygen atoms in total. The smallest absolute Gasteiger partial charge is 0.253 e. The van der Waals surface area contributed by atoms with Crippen molar-refractivity contribution in [2.24, 2.45) is 0 Å². The number of benzene rings is 3. The largest absolute Gasteiger partial charge is 0.342 e. The van der Waals surface area contributed by atoms with Gasteiger partial charge in [0.2, 0.25) is 5.62 Å². The van der Waals surface area contributed by atoms with Gasteiger partial charge in [0, 0.05) is 31.3 Å². The fourth-order valence-corrected chi connectivity index (χ4v) is 4.23. The second-order valence-corrected chi connectivity index (χ2v) is 8.31. The highest BCUT2D eigenvalue weighted by Crippen LogP contribution is 2.23. The lowest BCUT2D eigenvalue weighted by Gasteiger charge is -2.17. The first kappa shape index (κ1) is 28.6. The van der Waals surface area contributed by atoms with Crippen LogP contribution in [0.5, 0.6) is 0 Å². The molecule has 0 saturated heterocycles. The highest BCUT2D eigenvalue weighted by molar-refractivity contribution is 8.93. The molecule has 184 valence electrons. The van der Waals surface area contributed by atoms with Gasteiger partial charge in [-0.3, -0.25) is 15.0 Å². The first-order chi connectivity index (χ1) is 16.0. The number of amides is 1. The summed E-state index contributed by atoms with van der Waals surface area (Å²) >= 11 is 6.51. The molecule has 9 heteroatoms. The topological polar surface area (TPSA) is 71.1 Å². The number of carbonyl (C=O) groups excluding carboxylic acids is 2. The molecule has 1 aromatic heterocycles. The molecule has 0 unspecified atom stereocenters. The highest BCUT2D eigenvalue weighted by atomic mass is 79.9. The lowest BCUT2D eigenvalue weighted by atomic mass is 10.1. The van der Waals surface area contributed by atoms with Crippen molar-refractivity contribution in [2.45, 2.75) is 19.5 Å². The van der Waals surface area contributed by atoms with Gasteiger partial charge in [0.1, 0.15) is 0 Å². The minimum absolute atomic E-state index is 0. The molecule has 1 amide bonds. The lowest BCUT2D eigenvalue weighted by Crippen LogP contribution is -2.30. The molecule has 0 bridgehead atoms. The molecule has 4 aromatic rings. The Morgan fingerprint density at radius 3 is 2.09 bits per heavy atom. The maximum absolute atomic E-state index is 12.8. The van der Waals surface area contributed by atoms with E-state index in [1.165, 1.54) is 0 Å². The van der Waals surface area contributed by atoms with Gasteiger partial charge in [0.25, 0.3) is 5.91 Å². The van der Waals surface area contributed by atoms with Gasteiger partial charge in [-0.15, -0.1) is 34.0 Å². The minimum atomic E-state index is -0.0682. The van der Waals surface area contributed by atoms with Gasteiger partial charge in [0.05, 0.1) is 22.6 Å². The fraction of sp³-hybridized carbons (Fsp3) is 0.192. The van der Waals surface area contributed by atoms with Crippen LogP contribution in [0.3, 0.4) is 0 Å². The van der Waals surface area contributed by atoms with E-state index in [1.807, 2.05) is 53.1 Å². The fourth-order valence-electron chi connectivity index (χ4n) is 3.96. The van der Waals surface area contributed by atoms with E-state index >= 15 is 0 Å². The van der Waals surface area contributed by atoms with Crippen molar-refractivity contribution in [2.75, 3.05) is 13.6 Å². The van der Waals surface area contributed by atoms with Gasteiger partial charge in [-0.05, 0) is 30.7 Å². The zero-order valence-corrected chi connectivity index (χ0v) is 23.4. The van der Waals surface area contributed by atoms with Crippen molar-refractivity contribution in [3.05, 3.63) is 101 Å². The summed E-state index contributed by atoms with van der Waals surface area (Å²) in [5, 5.41) is 9.30. The molecule has 0 saturated carbocycles. The number of aromatic nitrogens is 2. The number of fused-ring (bicyclic) bond motifs is 1. The van der Waals surface area contributed by atoms with Crippen LogP contribution in [0.4, 0.5) is 0 Å². The van der Waals surface area contributed by atoms with Crippen LogP contribution in [0, 0.1) is 5.41 Å². The van der Waals surface area contributed by atoms with E-state index < -0.39 is 0 Å². The molecule has 4 rings (SSSR count). The summed E-state index contributed by atoms with van der Waals surface area (Å²) < 4.78 is 3.51. The Labute approximate surface area is 230 Å².